The minimum Gasteiger partial charge on any atom is -1.00 e. The Hall–Kier alpha value is -2.91. The van der Waals surface area contributed by atoms with Crippen molar-refractivity contribution in [1.29, 1.82) is 0 Å². The molecule has 0 unspecified atom stereocenters. The first-order valence-corrected chi connectivity index (χ1v) is 8.67. The summed E-state index contributed by atoms with van der Waals surface area (Å²) in [5, 5.41) is 21.1. The Labute approximate surface area is 168 Å². The van der Waals surface area contributed by atoms with Crippen molar-refractivity contribution in [1.82, 2.24) is 4.98 Å². The zero-order valence-electron chi connectivity index (χ0n) is 14.2. The summed E-state index contributed by atoms with van der Waals surface area (Å²) < 4.78 is 1.60. The van der Waals surface area contributed by atoms with Crippen molar-refractivity contribution in [2.24, 2.45) is 17.3 Å². The van der Waals surface area contributed by atoms with Gasteiger partial charge in [-0.2, -0.15) is 0 Å². The number of H-pyrrole nitrogens is 1. The van der Waals surface area contributed by atoms with Gasteiger partial charge in [0, 0.05) is 27.8 Å². The number of rotatable bonds is 4. The first kappa shape index (κ1) is 18.9. The number of aryl methyl sites for hydroxylation is 1. The highest BCUT2D eigenvalue weighted by atomic mass is 79.9. The zero-order valence-corrected chi connectivity index (χ0v) is 16.6. The van der Waals surface area contributed by atoms with Gasteiger partial charge in [-0.15, -0.1) is 0 Å². The molecule has 4 aromatic rings. The first-order chi connectivity index (χ1) is 12.6. The van der Waals surface area contributed by atoms with Gasteiger partial charge in [0.05, 0.1) is 22.8 Å². The Morgan fingerprint density at radius 3 is 2.48 bits per heavy atom. The molecule has 0 amide bonds. The average molecular weight is 444 g/mol. The number of hydrogen-bond acceptors (Lipinski definition) is 5. The predicted octanol–water partition coefficient (Wildman–Crippen LogP) is 2.05. The van der Waals surface area contributed by atoms with Gasteiger partial charge in [-0.25, -0.2) is 4.57 Å². The SMILES string of the molecule is C[n+]1cc([N+](=O)[O-])sc1/N=N/c1c(-c2ccccc2)[nH]c2ccccc12.[Br-]. The van der Waals surface area contributed by atoms with Gasteiger partial charge in [-0.1, -0.05) is 48.5 Å². The summed E-state index contributed by atoms with van der Waals surface area (Å²) in [5.41, 5.74) is 3.54. The van der Waals surface area contributed by atoms with Crippen molar-refractivity contribution < 1.29 is 26.5 Å². The van der Waals surface area contributed by atoms with Crippen LogP contribution in [0.15, 0.2) is 71.0 Å². The number of nitrogens with zero attached hydrogens (tertiary/aromatic N) is 4. The van der Waals surface area contributed by atoms with Crippen molar-refractivity contribution in [3.05, 3.63) is 70.9 Å². The van der Waals surface area contributed by atoms with Crippen LogP contribution in [0.5, 0.6) is 0 Å². The van der Waals surface area contributed by atoms with E-state index in [1.807, 2.05) is 54.6 Å². The molecule has 2 aromatic heterocycles. The topological polar surface area (TPSA) is 87.5 Å². The highest BCUT2D eigenvalue weighted by Gasteiger charge is 2.22. The molecule has 2 heterocycles. The molecule has 2 aromatic carbocycles. The monoisotopic (exact) mass is 443 g/mol. The van der Waals surface area contributed by atoms with Crippen LogP contribution in [0.1, 0.15) is 0 Å². The number of aromatic amines is 1. The maximum atomic E-state index is 10.9. The average Bonchev–Trinajstić information content (AvgIpc) is 3.21. The summed E-state index contributed by atoms with van der Waals surface area (Å²) in [5.74, 6) is 0. The van der Waals surface area contributed by atoms with Gasteiger partial charge in [0.15, 0.2) is 6.20 Å². The minimum absolute atomic E-state index is 0. The molecule has 0 bridgehead atoms. The molecule has 0 fully saturated rings. The normalized spacial score (nSPS) is 11.0. The molecule has 0 aliphatic heterocycles. The molecular weight excluding hydrogens is 430 g/mol. The van der Waals surface area contributed by atoms with Crippen molar-refractivity contribution in [3.63, 3.8) is 0 Å². The number of nitro groups is 1. The molecule has 0 atom stereocenters. The van der Waals surface area contributed by atoms with Crippen molar-refractivity contribution in [3.8, 4) is 11.3 Å². The third kappa shape index (κ3) is 3.64. The third-order valence-corrected chi connectivity index (χ3v) is 4.97. The highest BCUT2D eigenvalue weighted by molar-refractivity contribution is 7.17. The number of halogens is 1. The third-order valence-electron chi connectivity index (χ3n) is 3.96. The quantitative estimate of drug-likeness (QED) is 0.226. The maximum absolute atomic E-state index is 10.9. The molecule has 7 nitrogen and oxygen atoms in total. The number of azo groups is 1. The van der Waals surface area contributed by atoms with Gasteiger partial charge in [0.1, 0.15) is 5.69 Å². The molecule has 136 valence electrons. The molecule has 0 saturated heterocycles. The lowest BCUT2D eigenvalue weighted by atomic mass is 10.1. The van der Waals surface area contributed by atoms with E-state index in [-0.39, 0.29) is 22.0 Å². The molecule has 0 aliphatic rings. The lowest BCUT2D eigenvalue weighted by Gasteiger charge is -1.97. The summed E-state index contributed by atoms with van der Waals surface area (Å²) in [4.78, 5) is 13.9. The number of thiazole rings is 1. The summed E-state index contributed by atoms with van der Waals surface area (Å²) in [6.07, 6.45) is 1.44. The maximum Gasteiger partial charge on any atom is 0.414 e. The number of hydrogen-bond donors (Lipinski definition) is 1. The second kappa shape index (κ2) is 7.77. The summed E-state index contributed by atoms with van der Waals surface area (Å²) in [6.45, 7) is 0. The van der Waals surface area contributed by atoms with E-state index in [0.29, 0.717) is 10.8 Å². The largest absolute Gasteiger partial charge is 1.00 e. The fraction of sp³-hybridized carbons (Fsp3) is 0.0556. The Bertz CT molecular complexity index is 1140. The number of para-hydroxylation sites is 1. The molecule has 0 aliphatic carbocycles. The van der Waals surface area contributed by atoms with E-state index in [0.717, 1.165) is 33.5 Å². The summed E-state index contributed by atoms with van der Waals surface area (Å²) >= 11 is 0.990. The number of nitrogens with one attached hydrogen (secondary N) is 1. The van der Waals surface area contributed by atoms with Crippen LogP contribution >= 0.6 is 11.3 Å². The summed E-state index contributed by atoms with van der Waals surface area (Å²) in [7, 11) is 1.71. The fourth-order valence-corrected chi connectivity index (χ4v) is 3.48. The van der Waals surface area contributed by atoms with Crippen LogP contribution in [0.3, 0.4) is 0 Å². The van der Waals surface area contributed by atoms with Gasteiger partial charge < -0.3 is 22.0 Å². The van der Waals surface area contributed by atoms with Crippen LogP contribution in [0.2, 0.25) is 0 Å². The second-order valence-electron chi connectivity index (χ2n) is 5.68. The number of aromatic nitrogens is 2. The van der Waals surface area contributed by atoms with E-state index >= 15 is 0 Å². The second-order valence-corrected chi connectivity index (χ2v) is 6.67. The molecule has 4 rings (SSSR count). The first-order valence-electron chi connectivity index (χ1n) is 7.85. The Balaban J connectivity index is 0.00000210. The smallest absolute Gasteiger partial charge is 0.414 e. The van der Waals surface area contributed by atoms with E-state index < -0.39 is 4.92 Å². The van der Waals surface area contributed by atoms with E-state index in [1.165, 1.54) is 6.20 Å². The van der Waals surface area contributed by atoms with Gasteiger partial charge in [-0.3, -0.25) is 10.1 Å². The van der Waals surface area contributed by atoms with Crippen LogP contribution in [0.25, 0.3) is 22.2 Å². The van der Waals surface area contributed by atoms with Crippen LogP contribution < -0.4 is 21.5 Å². The predicted molar refractivity (Wildman–Crippen MR) is 100 cm³/mol. The van der Waals surface area contributed by atoms with Crippen LogP contribution in [0.4, 0.5) is 15.8 Å². The lowest BCUT2D eigenvalue weighted by Crippen LogP contribution is -3.00. The van der Waals surface area contributed by atoms with Gasteiger partial charge in [0.2, 0.25) is 0 Å². The van der Waals surface area contributed by atoms with Crippen molar-refractivity contribution >= 4 is 38.1 Å². The zero-order chi connectivity index (χ0) is 18.1. The van der Waals surface area contributed by atoms with Gasteiger partial charge in [-0.05, 0) is 11.2 Å². The summed E-state index contributed by atoms with van der Waals surface area (Å²) in [6, 6.07) is 17.7. The van der Waals surface area contributed by atoms with Crippen LogP contribution in [-0.4, -0.2) is 9.91 Å². The molecule has 9 heteroatoms. The molecule has 27 heavy (non-hydrogen) atoms. The van der Waals surface area contributed by atoms with Gasteiger partial charge >= 0.3 is 10.1 Å². The lowest BCUT2D eigenvalue weighted by molar-refractivity contribution is -0.656. The van der Waals surface area contributed by atoms with Crippen molar-refractivity contribution in [2.75, 3.05) is 0 Å². The number of fused-ring (bicyclic) bond motifs is 1. The molecule has 0 spiro atoms. The Kier molecular flexibility index (Phi) is 5.43. The van der Waals surface area contributed by atoms with Crippen LogP contribution in [0, 0.1) is 10.1 Å². The minimum atomic E-state index is -0.426. The van der Waals surface area contributed by atoms with Crippen molar-refractivity contribution in [2.45, 2.75) is 0 Å². The Morgan fingerprint density at radius 1 is 1.07 bits per heavy atom. The highest BCUT2D eigenvalue weighted by Crippen LogP contribution is 2.38. The molecular formula is C18H14BrN5O2S. The Morgan fingerprint density at radius 2 is 1.78 bits per heavy atom. The number of benzene rings is 2. The molecule has 0 saturated carbocycles. The molecule has 0 radical (unpaired) electrons. The van der Waals surface area contributed by atoms with E-state index in [4.69, 9.17) is 0 Å². The van der Waals surface area contributed by atoms with E-state index in [9.17, 15) is 10.1 Å². The fourth-order valence-electron chi connectivity index (χ4n) is 2.73. The van der Waals surface area contributed by atoms with E-state index in [1.54, 1.807) is 11.6 Å². The molecule has 1 N–H and O–H groups in total. The van der Waals surface area contributed by atoms with E-state index in [2.05, 4.69) is 15.2 Å². The van der Waals surface area contributed by atoms with Gasteiger partial charge in [0.25, 0.3) is 0 Å². The standard InChI is InChI=1S/C18H13N5O2S.BrH/c1-22-11-15(23(24)25)26-18(22)21-20-17-13-9-5-6-10-14(13)19-16(17)12-7-3-2-4-8-12;/h2-11H,1H3;1H. The van der Waals surface area contributed by atoms with Crippen LogP contribution in [-0.2, 0) is 7.05 Å².